The van der Waals surface area contributed by atoms with Gasteiger partial charge in [0, 0.05) is 0 Å². The predicted octanol–water partition coefficient (Wildman–Crippen LogP) is 5.43. The second-order valence-corrected chi connectivity index (χ2v) is 10.8. The Morgan fingerprint density at radius 1 is 0.932 bits per heavy atom. The van der Waals surface area contributed by atoms with E-state index in [0.717, 1.165) is 16.9 Å². The number of barbiturate groups is 1. The average Bonchev–Trinajstić information content (AvgIpc) is 3.00. The van der Waals surface area contributed by atoms with Crippen molar-refractivity contribution in [2.75, 3.05) is 20.3 Å². The maximum atomic E-state index is 13.4. The number of hydrogen-bond acceptors (Lipinski definition) is 8. The fourth-order valence-electron chi connectivity index (χ4n) is 4.30. The van der Waals surface area contributed by atoms with Gasteiger partial charge in [-0.3, -0.25) is 19.8 Å². The van der Waals surface area contributed by atoms with Crippen LogP contribution in [0.1, 0.15) is 47.3 Å². The molecule has 0 aromatic heterocycles. The van der Waals surface area contributed by atoms with E-state index in [4.69, 9.17) is 24.1 Å². The van der Waals surface area contributed by atoms with E-state index in [9.17, 15) is 19.2 Å². The summed E-state index contributed by atoms with van der Waals surface area (Å²) in [5.74, 6) is -0.721. The number of halogens is 1. The number of hydrogen-bond donors (Lipinski definition) is 2. The molecule has 0 aliphatic carbocycles. The molecule has 2 N–H and O–H groups in total. The number of aromatic carboxylic acids is 1. The quantitative estimate of drug-likeness (QED) is 0.135. The van der Waals surface area contributed by atoms with Crippen molar-refractivity contribution in [1.29, 1.82) is 0 Å². The standard InChI is InChI=1S/C32H31IN2O9/c1-4-12-43-25-11-8-20(15-26(25)42-5-2)17-35-30(37)23(29(36)34-32(35)40)13-21-14-24(33)28(27(16-21)41-3)44-18-19-6-9-22(10-7-19)31(38)39/h6-11,13-16H,4-5,12,17-18H2,1-3H3,(H,38,39)(H,34,36,40)/b23-13+. The zero-order valence-electron chi connectivity index (χ0n) is 24.3. The summed E-state index contributed by atoms with van der Waals surface area (Å²) in [6.45, 7) is 4.82. The van der Waals surface area contributed by atoms with E-state index in [1.54, 1.807) is 42.5 Å². The molecule has 11 nitrogen and oxygen atoms in total. The van der Waals surface area contributed by atoms with Crippen LogP contribution >= 0.6 is 22.6 Å². The number of carboxylic acids is 1. The van der Waals surface area contributed by atoms with Crippen molar-refractivity contribution in [3.63, 3.8) is 0 Å². The molecule has 12 heteroatoms. The molecule has 0 bridgehead atoms. The highest BCUT2D eigenvalue weighted by Gasteiger charge is 2.36. The summed E-state index contributed by atoms with van der Waals surface area (Å²) < 4.78 is 23.6. The lowest BCUT2D eigenvalue weighted by Gasteiger charge is -2.26. The molecule has 4 rings (SSSR count). The number of rotatable bonds is 13. The topological polar surface area (TPSA) is 141 Å². The summed E-state index contributed by atoms with van der Waals surface area (Å²) >= 11 is 2.06. The number of carboxylic acid groups (broad SMARTS) is 1. The van der Waals surface area contributed by atoms with Gasteiger partial charge in [0.25, 0.3) is 11.8 Å². The smallest absolute Gasteiger partial charge is 0.335 e. The molecule has 0 radical (unpaired) electrons. The molecule has 44 heavy (non-hydrogen) atoms. The van der Waals surface area contributed by atoms with Gasteiger partial charge in [-0.1, -0.05) is 25.1 Å². The Morgan fingerprint density at radius 2 is 1.66 bits per heavy atom. The third kappa shape index (κ3) is 7.67. The molecule has 0 unspecified atom stereocenters. The molecular formula is C32H31IN2O9. The summed E-state index contributed by atoms with van der Waals surface area (Å²) in [5, 5.41) is 11.3. The largest absolute Gasteiger partial charge is 0.493 e. The van der Waals surface area contributed by atoms with Gasteiger partial charge in [-0.2, -0.15) is 0 Å². The van der Waals surface area contributed by atoms with Gasteiger partial charge in [-0.25, -0.2) is 9.59 Å². The van der Waals surface area contributed by atoms with Crippen molar-refractivity contribution in [1.82, 2.24) is 10.2 Å². The van der Waals surface area contributed by atoms with E-state index in [1.807, 2.05) is 13.8 Å². The first kappa shape index (κ1) is 32.3. The Morgan fingerprint density at radius 3 is 2.32 bits per heavy atom. The number of amides is 4. The second-order valence-electron chi connectivity index (χ2n) is 9.60. The highest BCUT2D eigenvalue weighted by Crippen LogP contribution is 2.36. The summed E-state index contributed by atoms with van der Waals surface area (Å²) in [6, 6.07) is 14.0. The van der Waals surface area contributed by atoms with Crippen LogP contribution < -0.4 is 24.3 Å². The Bertz CT molecular complexity index is 1600. The van der Waals surface area contributed by atoms with Gasteiger partial charge in [0.1, 0.15) is 12.2 Å². The molecule has 1 aliphatic heterocycles. The molecule has 3 aromatic carbocycles. The molecular weight excluding hydrogens is 683 g/mol. The van der Waals surface area contributed by atoms with Gasteiger partial charge < -0.3 is 24.1 Å². The van der Waals surface area contributed by atoms with Crippen molar-refractivity contribution in [2.45, 2.75) is 33.4 Å². The monoisotopic (exact) mass is 714 g/mol. The highest BCUT2D eigenvalue weighted by molar-refractivity contribution is 14.1. The maximum absolute atomic E-state index is 13.4. The van der Waals surface area contributed by atoms with Crippen LogP contribution in [-0.2, 0) is 22.7 Å². The highest BCUT2D eigenvalue weighted by atomic mass is 127. The predicted molar refractivity (Wildman–Crippen MR) is 169 cm³/mol. The Kier molecular flexibility index (Phi) is 10.8. The summed E-state index contributed by atoms with van der Waals surface area (Å²) in [7, 11) is 1.46. The molecule has 0 spiro atoms. The molecule has 4 amide bonds. The van der Waals surface area contributed by atoms with Crippen molar-refractivity contribution >= 4 is 52.5 Å². The molecule has 1 heterocycles. The molecule has 0 atom stereocenters. The van der Waals surface area contributed by atoms with Crippen molar-refractivity contribution < 1.29 is 43.2 Å². The van der Waals surface area contributed by atoms with E-state index >= 15 is 0 Å². The van der Waals surface area contributed by atoms with Gasteiger partial charge in [0.15, 0.2) is 23.0 Å². The van der Waals surface area contributed by atoms with E-state index in [-0.39, 0.29) is 24.3 Å². The van der Waals surface area contributed by atoms with Crippen LogP contribution in [0.15, 0.2) is 60.2 Å². The Hall–Kier alpha value is -4.59. The molecule has 1 fully saturated rings. The molecule has 3 aromatic rings. The van der Waals surface area contributed by atoms with Crippen LogP contribution in [0.4, 0.5) is 4.79 Å². The third-order valence-electron chi connectivity index (χ3n) is 6.44. The summed E-state index contributed by atoms with van der Waals surface area (Å²) in [4.78, 5) is 50.9. The summed E-state index contributed by atoms with van der Waals surface area (Å²) in [5.41, 5.74) is 1.80. The minimum Gasteiger partial charge on any atom is -0.493 e. The fraction of sp³-hybridized carbons (Fsp3) is 0.250. The number of imide groups is 2. The van der Waals surface area contributed by atoms with E-state index < -0.39 is 23.8 Å². The number of nitrogens with one attached hydrogen (secondary N) is 1. The lowest BCUT2D eigenvalue weighted by atomic mass is 10.1. The third-order valence-corrected chi connectivity index (χ3v) is 7.24. The van der Waals surface area contributed by atoms with Crippen LogP contribution in [0, 0.1) is 3.57 Å². The van der Waals surface area contributed by atoms with E-state index in [2.05, 4.69) is 27.9 Å². The normalized spacial score (nSPS) is 14.0. The van der Waals surface area contributed by atoms with Crippen LogP contribution in [0.25, 0.3) is 6.08 Å². The minimum atomic E-state index is -1.02. The van der Waals surface area contributed by atoms with Crippen molar-refractivity contribution in [2.24, 2.45) is 0 Å². The minimum absolute atomic E-state index is 0.0928. The van der Waals surface area contributed by atoms with E-state index in [0.29, 0.717) is 50.9 Å². The molecule has 230 valence electrons. The lowest BCUT2D eigenvalue weighted by molar-refractivity contribution is -0.130. The Labute approximate surface area is 267 Å². The van der Waals surface area contributed by atoms with Gasteiger partial charge in [0.2, 0.25) is 0 Å². The molecule has 0 saturated carbocycles. The first-order chi connectivity index (χ1) is 21.1. The summed E-state index contributed by atoms with van der Waals surface area (Å²) in [6.07, 6.45) is 2.22. The SMILES string of the molecule is CCCOc1ccc(CN2C(=O)NC(=O)/C(=C\c3cc(I)c(OCc4ccc(C(=O)O)cc4)c(OC)c3)C2=O)cc1OCC. The Balaban J connectivity index is 1.55. The number of carbonyl (C=O) groups is 4. The number of urea groups is 1. The average molecular weight is 715 g/mol. The van der Waals surface area contributed by atoms with E-state index in [1.165, 1.54) is 25.3 Å². The first-order valence-corrected chi connectivity index (χ1v) is 14.8. The number of carbonyl (C=O) groups excluding carboxylic acids is 3. The second kappa shape index (κ2) is 14.7. The van der Waals surface area contributed by atoms with Gasteiger partial charge in [0.05, 0.1) is 36.0 Å². The van der Waals surface area contributed by atoms with Crippen molar-refractivity contribution in [3.8, 4) is 23.0 Å². The number of benzene rings is 3. The van der Waals surface area contributed by atoms with Crippen molar-refractivity contribution in [3.05, 3.63) is 86.0 Å². The zero-order valence-corrected chi connectivity index (χ0v) is 26.5. The first-order valence-electron chi connectivity index (χ1n) is 13.7. The molecule has 1 saturated heterocycles. The van der Waals surface area contributed by atoms with Gasteiger partial charge in [-0.15, -0.1) is 0 Å². The van der Waals surface area contributed by atoms with Gasteiger partial charge >= 0.3 is 12.0 Å². The van der Waals surface area contributed by atoms with Crippen LogP contribution in [0.3, 0.4) is 0 Å². The number of nitrogens with zero attached hydrogens (tertiary/aromatic N) is 1. The number of methoxy groups -OCH3 is 1. The lowest BCUT2D eigenvalue weighted by Crippen LogP contribution is -2.53. The molecule has 1 aliphatic rings. The fourth-order valence-corrected chi connectivity index (χ4v) is 5.08. The number of ether oxygens (including phenoxy) is 4. The van der Waals surface area contributed by atoms with Crippen LogP contribution in [0.5, 0.6) is 23.0 Å². The van der Waals surface area contributed by atoms with Crippen LogP contribution in [-0.4, -0.2) is 54.1 Å². The van der Waals surface area contributed by atoms with Gasteiger partial charge in [-0.05, 0) is 95.1 Å². The zero-order chi connectivity index (χ0) is 31.8. The maximum Gasteiger partial charge on any atom is 0.335 e. The van der Waals surface area contributed by atoms with Crippen LogP contribution in [0.2, 0.25) is 0 Å².